The lowest BCUT2D eigenvalue weighted by atomic mass is 10.0. The second-order valence-electron chi connectivity index (χ2n) is 5.28. The summed E-state index contributed by atoms with van der Waals surface area (Å²) in [6.07, 6.45) is 4.98. The van der Waals surface area contributed by atoms with Gasteiger partial charge in [0.25, 0.3) is 11.8 Å². The maximum absolute atomic E-state index is 12.4. The normalized spacial score (nSPS) is 10.4. The molecule has 0 unspecified atom stereocenters. The first kappa shape index (κ1) is 18.1. The molecule has 0 atom stereocenters. The van der Waals surface area contributed by atoms with E-state index in [-0.39, 0.29) is 11.8 Å². The van der Waals surface area contributed by atoms with E-state index >= 15 is 0 Å². The third kappa shape index (κ3) is 4.88. The van der Waals surface area contributed by atoms with Crippen LogP contribution in [0, 0.1) is 0 Å². The molecule has 0 aliphatic carbocycles. The van der Waals surface area contributed by atoms with Crippen molar-refractivity contribution in [3.05, 3.63) is 76.9 Å². The van der Waals surface area contributed by atoms with Crippen LogP contribution in [0.3, 0.4) is 0 Å². The van der Waals surface area contributed by atoms with Gasteiger partial charge in [-0.05, 0) is 35.8 Å². The van der Waals surface area contributed by atoms with Gasteiger partial charge in [-0.3, -0.25) is 14.4 Å². The summed E-state index contributed by atoms with van der Waals surface area (Å²) < 4.78 is 0. The van der Waals surface area contributed by atoms with E-state index < -0.39 is 0 Å². The van der Waals surface area contributed by atoms with Gasteiger partial charge < -0.3 is 10.6 Å². The van der Waals surface area contributed by atoms with Gasteiger partial charge in [-0.25, -0.2) is 0 Å². The van der Waals surface area contributed by atoms with Crippen LogP contribution in [0.1, 0.15) is 31.8 Å². The van der Waals surface area contributed by atoms with Crippen LogP contribution < -0.4 is 10.6 Å². The van der Waals surface area contributed by atoms with E-state index in [0.717, 1.165) is 5.56 Å². The Morgan fingerprint density at radius 3 is 2.40 bits per heavy atom. The van der Waals surface area contributed by atoms with E-state index in [2.05, 4.69) is 10.6 Å². The minimum atomic E-state index is -0.233. The van der Waals surface area contributed by atoms with Crippen LogP contribution in [-0.4, -0.2) is 31.7 Å². The molecule has 0 heterocycles. The van der Waals surface area contributed by atoms with E-state index in [0.29, 0.717) is 29.7 Å². The van der Waals surface area contributed by atoms with Crippen molar-refractivity contribution in [1.29, 1.82) is 0 Å². The molecule has 0 saturated heterocycles. The molecule has 0 aliphatic heterocycles. The number of benzene rings is 2. The molecule has 0 bridgehead atoms. The zero-order valence-electron chi connectivity index (χ0n) is 13.9. The summed E-state index contributed by atoms with van der Waals surface area (Å²) >= 11 is 0. The molecule has 2 N–H and O–H groups in total. The van der Waals surface area contributed by atoms with Gasteiger partial charge in [0.1, 0.15) is 0 Å². The molecule has 0 aromatic heterocycles. The number of carbonyl (C=O) groups excluding carboxylic acids is 3. The molecule has 0 saturated carbocycles. The summed E-state index contributed by atoms with van der Waals surface area (Å²) in [5, 5.41) is 5.45. The van der Waals surface area contributed by atoms with Crippen molar-refractivity contribution in [2.45, 2.75) is 6.42 Å². The first-order valence-electron chi connectivity index (χ1n) is 7.88. The topological polar surface area (TPSA) is 75.3 Å². The molecule has 2 aromatic carbocycles. The van der Waals surface area contributed by atoms with E-state index in [1.165, 1.54) is 6.08 Å². The third-order valence-corrected chi connectivity index (χ3v) is 3.71. The van der Waals surface area contributed by atoms with Crippen molar-refractivity contribution < 1.29 is 14.4 Å². The molecular formula is C20H19N2O3. The smallest absolute Gasteiger partial charge is 0.251 e. The maximum atomic E-state index is 12.4. The summed E-state index contributed by atoms with van der Waals surface area (Å²) in [7, 11) is 1.59. The van der Waals surface area contributed by atoms with Crippen molar-refractivity contribution in [2.24, 2.45) is 0 Å². The summed E-state index contributed by atoms with van der Waals surface area (Å²) in [5.74, 6) is -0.383. The number of amides is 2. The minimum absolute atomic E-state index is 0.150. The lowest BCUT2D eigenvalue weighted by Crippen LogP contribution is -2.27. The zero-order valence-corrected chi connectivity index (χ0v) is 13.9. The number of allylic oxidation sites excluding steroid dienone is 1. The molecule has 0 fully saturated rings. The number of hydrogen-bond acceptors (Lipinski definition) is 3. The van der Waals surface area contributed by atoms with Crippen LogP contribution in [0.5, 0.6) is 0 Å². The van der Waals surface area contributed by atoms with Crippen LogP contribution in [0.15, 0.2) is 54.6 Å². The number of nitrogens with one attached hydrogen (secondary N) is 2. The molecule has 1 radical (unpaired) electrons. The molecule has 25 heavy (non-hydrogen) atoms. The summed E-state index contributed by atoms with van der Waals surface area (Å²) in [5.41, 5.74) is 2.60. The maximum Gasteiger partial charge on any atom is 0.251 e. The van der Waals surface area contributed by atoms with Crippen LogP contribution in [0.2, 0.25) is 0 Å². The Balaban J connectivity index is 2.04. The Morgan fingerprint density at radius 1 is 1.00 bits per heavy atom. The molecule has 0 aliphatic rings. The molecular weight excluding hydrogens is 316 g/mol. The van der Waals surface area contributed by atoms with Gasteiger partial charge in [-0.2, -0.15) is 0 Å². The fourth-order valence-corrected chi connectivity index (χ4v) is 2.47. The van der Waals surface area contributed by atoms with Crippen LogP contribution in [-0.2, 0) is 11.2 Å². The van der Waals surface area contributed by atoms with Gasteiger partial charge >= 0.3 is 0 Å². The van der Waals surface area contributed by atoms with Gasteiger partial charge in [-0.15, -0.1) is 0 Å². The van der Waals surface area contributed by atoms with Gasteiger partial charge in [0, 0.05) is 24.7 Å². The molecule has 5 heteroatoms. The molecule has 5 nitrogen and oxygen atoms in total. The predicted octanol–water partition coefficient (Wildman–Crippen LogP) is 2.14. The first-order valence-corrected chi connectivity index (χ1v) is 7.88. The Kier molecular flexibility index (Phi) is 6.65. The van der Waals surface area contributed by atoms with Crippen molar-refractivity contribution in [2.75, 3.05) is 13.6 Å². The largest absolute Gasteiger partial charge is 0.355 e. The predicted molar refractivity (Wildman–Crippen MR) is 97.0 cm³/mol. The van der Waals surface area contributed by atoms with E-state index in [1.54, 1.807) is 55.8 Å². The average molecular weight is 335 g/mol. The molecule has 0 spiro atoms. The zero-order chi connectivity index (χ0) is 18.1. The van der Waals surface area contributed by atoms with Crippen molar-refractivity contribution >= 4 is 24.2 Å². The summed E-state index contributed by atoms with van der Waals surface area (Å²) in [6, 6.07) is 14.3. The quantitative estimate of drug-likeness (QED) is 0.761. The van der Waals surface area contributed by atoms with Crippen molar-refractivity contribution in [1.82, 2.24) is 10.6 Å². The molecule has 127 valence electrons. The van der Waals surface area contributed by atoms with Crippen LogP contribution >= 0.6 is 0 Å². The lowest BCUT2D eigenvalue weighted by molar-refractivity contribution is 0.0952. The number of hydrogen-bond donors (Lipinski definition) is 2. The Hall–Kier alpha value is -3.21. The van der Waals surface area contributed by atoms with Gasteiger partial charge in [0.2, 0.25) is 6.29 Å². The van der Waals surface area contributed by atoms with Crippen LogP contribution in [0.4, 0.5) is 0 Å². The summed E-state index contributed by atoms with van der Waals surface area (Å²) in [6.45, 7) is 0.394. The highest BCUT2D eigenvalue weighted by Gasteiger charge is 2.11. The monoisotopic (exact) mass is 335 g/mol. The Morgan fingerprint density at radius 2 is 1.68 bits per heavy atom. The summed E-state index contributed by atoms with van der Waals surface area (Å²) in [4.78, 5) is 34.6. The van der Waals surface area contributed by atoms with E-state index in [1.807, 2.05) is 12.1 Å². The Labute approximate surface area is 146 Å². The number of rotatable bonds is 7. The first-order chi connectivity index (χ1) is 12.2. The van der Waals surface area contributed by atoms with Crippen LogP contribution in [0.25, 0.3) is 6.08 Å². The van der Waals surface area contributed by atoms with Crippen molar-refractivity contribution in [3.63, 3.8) is 0 Å². The van der Waals surface area contributed by atoms with Crippen molar-refractivity contribution in [3.8, 4) is 0 Å². The minimum Gasteiger partial charge on any atom is -0.355 e. The van der Waals surface area contributed by atoms with E-state index in [4.69, 9.17) is 0 Å². The van der Waals surface area contributed by atoms with Gasteiger partial charge in [0.15, 0.2) is 0 Å². The highest BCUT2D eigenvalue weighted by Crippen LogP contribution is 2.12. The lowest BCUT2D eigenvalue weighted by Gasteiger charge is -2.10. The molecule has 2 aromatic rings. The fourth-order valence-electron chi connectivity index (χ4n) is 2.47. The van der Waals surface area contributed by atoms with E-state index in [9.17, 15) is 14.4 Å². The fraction of sp³-hybridized carbons (Fsp3) is 0.150. The third-order valence-electron chi connectivity index (χ3n) is 3.71. The molecule has 2 amide bonds. The molecule has 2 rings (SSSR count). The average Bonchev–Trinajstić information content (AvgIpc) is 2.66. The van der Waals surface area contributed by atoms with Gasteiger partial charge in [-0.1, -0.05) is 42.5 Å². The second-order valence-corrected chi connectivity index (χ2v) is 5.28. The van der Waals surface area contributed by atoms with Gasteiger partial charge in [0.05, 0.1) is 0 Å². The number of carbonyl (C=O) groups is 2. The second kappa shape index (κ2) is 9.17. The SMILES string of the molecule is CNC(=O)c1ccccc1CCNC(=O)c1ccccc1/C=C/[C]=O. The Bertz CT molecular complexity index is 797. The highest BCUT2D eigenvalue weighted by atomic mass is 16.2. The highest BCUT2D eigenvalue weighted by molar-refractivity contribution is 5.98. The standard InChI is InChI=1S/C20H19N2O3/c1-21-19(24)17-10-4-3-8-16(17)12-13-22-20(25)18-11-5-2-7-15(18)9-6-14-23/h2-11H,12-13H2,1H3,(H,21,24)(H,22,25)/b9-6+.